The van der Waals surface area contributed by atoms with Crippen molar-refractivity contribution >= 4 is 62.5 Å². The number of ether oxygens (including phenoxy) is 3. The van der Waals surface area contributed by atoms with Gasteiger partial charge in [0.05, 0.1) is 12.0 Å². The van der Waals surface area contributed by atoms with E-state index < -0.39 is 45.4 Å². The van der Waals surface area contributed by atoms with Crippen LogP contribution in [0.3, 0.4) is 0 Å². The number of nitrogens with one attached hydrogen (secondary N) is 3. The number of alkyl carbamates (subject to hydrolysis) is 1. The third-order valence-electron chi connectivity index (χ3n) is 6.21. The molecule has 3 aromatic carbocycles. The van der Waals surface area contributed by atoms with Gasteiger partial charge in [-0.3, -0.25) is 9.59 Å². The van der Waals surface area contributed by atoms with Crippen LogP contribution in [0.2, 0.25) is 0 Å². The molecule has 0 saturated carbocycles. The van der Waals surface area contributed by atoms with Gasteiger partial charge >= 0.3 is 17.4 Å². The molecular formula is C31H35N3O9S3. The third kappa shape index (κ3) is 12.4. The summed E-state index contributed by atoms with van der Waals surface area (Å²) in [6.07, 6.45) is 1.19. The van der Waals surface area contributed by atoms with E-state index in [-0.39, 0.29) is 36.0 Å². The number of esters is 1. The summed E-state index contributed by atoms with van der Waals surface area (Å²) in [5, 5.41) is 4.44. The molecule has 12 nitrogen and oxygen atoms in total. The van der Waals surface area contributed by atoms with E-state index in [1.807, 2.05) is 30.5 Å². The molecule has 15 heteroatoms. The Morgan fingerprint density at radius 3 is 1.96 bits per heavy atom. The number of sulfonamides is 1. The first-order valence-corrected chi connectivity index (χ1v) is 17.8. The molecule has 0 heterocycles. The van der Waals surface area contributed by atoms with Crippen LogP contribution in [0.5, 0.6) is 0 Å². The second-order valence-corrected chi connectivity index (χ2v) is 13.2. The SMILES string of the molecule is COC(=O)[C@H](CCSC)NS(=O)(=O)c1ccc(NC(=O)[C@H](CSC(=O)OCc2ccccc2)NC(=O)OCc2ccccc2)cc1. The first-order valence-electron chi connectivity index (χ1n) is 13.9. The highest BCUT2D eigenvalue weighted by Gasteiger charge is 2.27. The summed E-state index contributed by atoms with van der Waals surface area (Å²) in [5.74, 6) is -1.03. The molecule has 0 bridgehead atoms. The molecule has 0 aromatic heterocycles. The highest BCUT2D eigenvalue weighted by atomic mass is 32.2. The van der Waals surface area contributed by atoms with Crippen molar-refractivity contribution in [1.82, 2.24) is 10.0 Å². The average molecular weight is 690 g/mol. The standard InChI is InChI=1S/C31H35N3O9S3/c1-41-29(36)26(17-18-44-2)34-46(39,40)25-15-13-24(14-16-25)32-28(35)27(33-30(37)42-19-22-9-5-3-6-10-22)21-45-31(38)43-20-23-11-7-4-8-12-23/h3-16,26-27,34H,17-21H2,1-2H3,(H,32,35)(H,33,37)/t26-,27-/m0/s1. The van der Waals surface area contributed by atoms with Gasteiger partial charge in [-0.25, -0.2) is 18.0 Å². The van der Waals surface area contributed by atoms with Gasteiger partial charge in [0.1, 0.15) is 25.3 Å². The molecule has 246 valence electrons. The number of hydrogen-bond acceptors (Lipinski definition) is 11. The van der Waals surface area contributed by atoms with Crippen molar-refractivity contribution < 1.29 is 41.8 Å². The monoisotopic (exact) mass is 689 g/mol. The van der Waals surface area contributed by atoms with Gasteiger partial charge in [0.25, 0.3) is 0 Å². The zero-order valence-corrected chi connectivity index (χ0v) is 27.6. The van der Waals surface area contributed by atoms with Crippen LogP contribution < -0.4 is 15.4 Å². The lowest BCUT2D eigenvalue weighted by molar-refractivity contribution is -0.142. The van der Waals surface area contributed by atoms with Gasteiger partial charge in [0, 0.05) is 11.4 Å². The second-order valence-electron chi connectivity index (χ2n) is 9.59. The Balaban J connectivity index is 1.65. The molecule has 46 heavy (non-hydrogen) atoms. The van der Waals surface area contributed by atoms with Crippen molar-refractivity contribution in [2.45, 2.75) is 36.6 Å². The minimum atomic E-state index is -4.10. The summed E-state index contributed by atoms with van der Waals surface area (Å²) in [7, 11) is -2.92. The highest BCUT2D eigenvalue weighted by molar-refractivity contribution is 8.13. The van der Waals surface area contributed by atoms with Crippen molar-refractivity contribution in [3.63, 3.8) is 0 Å². The quantitative estimate of drug-likeness (QED) is 0.143. The van der Waals surface area contributed by atoms with E-state index in [9.17, 15) is 27.6 Å². The second kappa shape index (κ2) is 18.8. The minimum absolute atomic E-state index is 0.0363. The highest BCUT2D eigenvalue weighted by Crippen LogP contribution is 2.17. The van der Waals surface area contributed by atoms with Gasteiger partial charge in [-0.15, -0.1) is 0 Å². The van der Waals surface area contributed by atoms with Gasteiger partial charge in [-0.2, -0.15) is 16.5 Å². The Kier molecular flexibility index (Phi) is 14.9. The fraction of sp³-hybridized carbons (Fsp3) is 0.290. The van der Waals surface area contributed by atoms with Crippen LogP contribution in [0.25, 0.3) is 0 Å². The molecule has 0 aliphatic carbocycles. The molecule has 0 aliphatic rings. The summed E-state index contributed by atoms with van der Waals surface area (Å²) in [6.45, 7) is 0.00347. The number of thioether (sulfide) groups is 2. The Hall–Kier alpha value is -4.05. The maximum atomic E-state index is 13.2. The van der Waals surface area contributed by atoms with Gasteiger partial charge < -0.3 is 24.8 Å². The summed E-state index contributed by atoms with van der Waals surface area (Å²) in [5.41, 5.74) is 1.75. The predicted molar refractivity (Wildman–Crippen MR) is 177 cm³/mol. The van der Waals surface area contributed by atoms with Crippen LogP contribution in [0, 0.1) is 0 Å². The smallest absolute Gasteiger partial charge is 0.408 e. The Morgan fingerprint density at radius 2 is 1.39 bits per heavy atom. The molecule has 0 radical (unpaired) electrons. The first-order chi connectivity index (χ1) is 22.1. The van der Waals surface area contributed by atoms with E-state index in [0.717, 1.165) is 11.1 Å². The largest absolute Gasteiger partial charge is 0.468 e. The van der Waals surface area contributed by atoms with Crippen LogP contribution in [-0.4, -0.2) is 68.6 Å². The number of amides is 2. The van der Waals surface area contributed by atoms with Crippen molar-refractivity contribution in [2.24, 2.45) is 0 Å². The first kappa shape index (κ1) is 36.4. The average Bonchev–Trinajstić information content (AvgIpc) is 3.07. The maximum absolute atomic E-state index is 13.2. The zero-order chi connectivity index (χ0) is 33.4. The lowest BCUT2D eigenvalue weighted by Crippen LogP contribution is -2.46. The summed E-state index contributed by atoms with van der Waals surface area (Å²) < 4.78 is 43.4. The molecule has 3 rings (SSSR count). The Labute approximate surface area is 276 Å². The predicted octanol–water partition coefficient (Wildman–Crippen LogP) is 4.56. The van der Waals surface area contributed by atoms with Crippen molar-refractivity contribution in [1.29, 1.82) is 0 Å². The van der Waals surface area contributed by atoms with E-state index in [4.69, 9.17) is 14.2 Å². The van der Waals surface area contributed by atoms with E-state index >= 15 is 0 Å². The molecule has 0 unspecified atom stereocenters. The molecule has 0 saturated heterocycles. The van der Waals surface area contributed by atoms with Crippen molar-refractivity contribution in [2.75, 3.05) is 30.2 Å². The molecular weight excluding hydrogens is 655 g/mol. The number of rotatable bonds is 16. The Morgan fingerprint density at radius 1 is 0.804 bits per heavy atom. The van der Waals surface area contributed by atoms with Crippen LogP contribution in [0.15, 0.2) is 89.8 Å². The molecule has 2 atom stereocenters. The normalized spacial score (nSPS) is 12.3. The fourth-order valence-electron chi connectivity index (χ4n) is 3.80. The van der Waals surface area contributed by atoms with E-state index in [1.165, 1.54) is 43.1 Å². The molecule has 0 fully saturated rings. The summed E-state index contributed by atoms with van der Waals surface area (Å²) >= 11 is 2.16. The van der Waals surface area contributed by atoms with Gasteiger partial charge in [0.15, 0.2) is 0 Å². The maximum Gasteiger partial charge on any atom is 0.408 e. The molecule has 0 spiro atoms. The van der Waals surface area contributed by atoms with Crippen molar-refractivity contribution in [3.8, 4) is 0 Å². The zero-order valence-electron chi connectivity index (χ0n) is 25.2. The number of benzene rings is 3. The van der Waals surface area contributed by atoms with Crippen LogP contribution in [0.4, 0.5) is 15.3 Å². The number of hydrogen-bond donors (Lipinski definition) is 3. The third-order valence-corrected chi connectivity index (χ3v) is 9.20. The molecule has 2 amide bonds. The van der Waals surface area contributed by atoms with Gasteiger partial charge in [-0.1, -0.05) is 60.7 Å². The number of carbonyl (C=O) groups is 4. The van der Waals surface area contributed by atoms with E-state index in [1.54, 1.807) is 36.4 Å². The molecule has 3 N–H and O–H groups in total. The topological polar surface area (TPSA) is 166 Å². The minimum Gasteiger partial charge on any atom is -0.468 e. The van der Waals surface area contributed by atoms with E-state index in [2.05, 4.69) is 15.4 Å². The Bertz CT molecular complexity index is 1540. The van der Waals surface area contributed by atoms with Gasteiger partial charge in [-0.05, 0) is 65.6 Å². The number of carbonyl (C=O) groups excluding carboxylic acids is 4. The lowest BCUT2D eigenvalue weighted by Gasteiger charge is -2.18. The summed E-state index contributed by atoms with van der Waals surface area (Å²) in [6, 6.07) is 20.9. The van der Waals surface area contributed by atoms with Crippen LogP contribution in [0.1, 0.15) is 17.5 Å². The van der Waals surface area contributed by atoms with Crippen molar-refractivity contribution in [3.05, 3.63) is 96.1 Å². The lowest BCUT2D eigenvalue weighted by atomic mass is 10.2. The van der Waals surface area contributed by atoms with E-state index in [0.29, 0.717) is 17.5 Å². The fourth-order valence-corrected chi connectivity index (χ4v) is 6.17. The molecule has 0 aliphatic heterocycles. The van der Waals surface area contributed by atoms with Gasteiger partial charge in [0.2, 0.25) is 15.9 Å². The van der Waals surface area contributed by atoms with Crippen LogP contribution >= 0.6 is 23.5 Å². The van der Waals surface area contributed by atoms with Crippen LogP contribution in [-0.2, 0) is 47.0 Å². The summed E-state index contributed by atoms with van der Waals surface area (Å²) in [4.78, 5) is 50.1. The number of anilines is 1. The number of methoxy groups -OCH3 is 1. The molecule has 3 aromatic rings.